The van der Waals surface area contributed by atoms with Gasteiger partial charge in [-0.05, 0) is 39.0 Å². The Morgan fingerprint density at radius 2 is 1.83 bits per heavy atom. The first-order valence-corrected chi connectivity index (χ1v) is 4.83. The summed E-state index contributed by atoms with van der Waals surface area (Å²) in [6.07, 6.45) is 1.26. The van der Waals surface area contributed by atoms with Crippen LogP contribution in [0.4, 0.5) is 0 Å². The first-order valence-electron chi connectivity index (χ1n) is 4.83. The largest absolute Gasteiger partial charge is 0.316 e. The molecule has 0 saturated carbocycles. The monoisotopic (exact) mass is 172 g/mol. The Labute approximate surface area is 77.3 Å². The smallest absolute Gasteiger partial charge is 0.000288 e. The summed E-state index contributed by atoms with van der Waals surface area (Å²) < 4.78 is 0. The van der Waals surface area contributed by atoms with Crippen molar-refractivity contribution in [1.82, 2.24) is 10.2 Å². The van der Waals surface area contributed by atoms with E-state index in [4.69, 9.17) is 0 Å². The molecule has 0 radical (unpaired) electrons. The van der Waals surface area contributed by atoms with Crippen LogP contribution in [0.2, 0.25) is 0 Å². The van der Waals surface area contributed by atoms with Crippen LogP contribution in [0.15, 0.2) is 0 Å². The Bertz CT molecular complexity index is 108. The Morgan fingerprint density at radius 1 is 1.25 bits per heavy atom. The molecular formula is C10H24N2. The van der Waals surface area contributed by atoms with Crippen molar-refractivity contribution in [2.24, 2.45) is 5.41 Å². The molecule has 0 spiro atoms. The van der Waals surface area contributed by atoms with E-state index in [0.717, 1.165) is 13.1 Å². The molecule has 0 aliphatic heterocycles. The predicted octanol–water partition coefficient (Wildman–Crippen LogP) is 1.57. The molecule has 0 fully saturated rings. The highest BCUT2D eigenvalue weighted by Crippen LogP contribution is 2.18. The normalized spacial score (nSPS) is 12.5. The first-order chi connectivity index (χ1) is 5.48. The van der Waals surface area contributed by atoms with Crippen molar-refractivity contribution in [3.63, 3.8) is 0 Å². The van der Waals surface area contributed by atoms with Gasteiger partial charge in [0, 0.05) is 6.54 Å². The van der Waals surface area contributed by atoms with Gasteiger partial charge in [-0.3, -0.25) is 0 Å². The summed E-state index contributed by atoms with van der Waals surface area (Å²) in [6, 6.07) is 0. The van der Waals surface area contributed by atoms with Gasteiger partial charge in [0.2, 0.25) is 0 Å². The lowest BCUT2D eigenvalue weighted by molar-refractivity contribution is 0.266. The van der Waals surface area contributed by atoms with Crippen LogP contribution in [0.1, 0.15) is 27.2 Å². The summed E-state index contributed by atoms with van der Waals surface area (Å²) >= 11 is 0. The average Bonchev–Trinajstić information content (AvgIpc) is 1.98. The second-order valence-corrected chi connectivity index (χ2v) is 4.50. The zero-order chi connectivity index (χ0) is 9.61. The van der Waals surface area contributed by atoms with Crippen molar-refractivity contribution in [2.75, 3.05) is 33.7 Å². The lowest BCUT2D eigenvalue weighted by Gasteiger charge is -2.26. The third kappa shape index (κ3) is 6.62. The van der Waals surface area contributed by atoms with Crippen LogP contribution in [0, 0.1) is 5.41 Å². The molecule has 0 aliphatic rings. The van der Waals surface area contributed by atoms with E-state index in [9.17, 15) is 0 Å². The minimum absolute atomic E-state index is 0.431. The Hall–Kier alpha value is -0.0800. The molecule has 0 aromatic rings. The highest BCUT2D eigenvalue weighted by molar-refractivity contribution is 4.71. The number of nitrogens with one attached hydrogen (secondary N) is 1. The fourth-order valence-electron chi connectivity index (χ4n) is 1.08. The average molecular weight is 172 g/mol. The van der Waals surface area contributed by atoms with E-state index >= 15 is 0 Å². The highest BCUT2D eigenvalue weighted by atomic mass is 15.0. The summed E-state index contributed by atoms with van der Waals surface area (Å²) in [7, 11) is 4.26. The number of nitrogens with zero attached hydrogens (tertiary/aromatic N) is 1. The van der Waals surface area contributed by atoms with Gasteiger partial charge in [0.05, 0.1) is 0 Å². The Balaban J connectivity index is 3.56. The van der Waals surface area contributed by atoms with Gasteiger partial charge in [0.1, 0.15) is 0 Å². The maximum absolute atomic E-state index is 3.39. The zero-order valence-electron chi connectivity index (χ0n) is 9.28. The zero-order valence-corrected chi connectivity index (χ0v) is 9.28. The van der Waals surface area contributed by atoms with Crippen LogP contribution in [0.5, 0.6) is 0 Å². The lowest BCUT2D eigenvalue weighted by atomic mass is 9.89. The second-order valence-electron chi connectivity index (χ2n) is 4.50. The molecule has 0 unspecified atom stereocenters. The van der Waals surface area contributed by atoms with E-state index in [2.05, 4.69) is 45.1 Å². The van der Waals surface area contributed by atoms with Gasteiger partial charge in [0.15, 0.2) is 0 Å². The number of rotatable bonds is 6. The van der Waals surface area contributed by atoms with Crippen molar-refractivity contribution >= 4 is 0 Å². The van der Waals surface area contributed by atoms with Crippen LogP contribution in [-0.2, 0) is 0 Å². The van der Waals surface area contributed by atoms with Gasteiger partial charge in [-0.2, -0.15) is 0 Å². The van der Waals surface area contributed by atoms with Crippen molar-refractivity contribution in [1.29, 1.82) is 0 Å². The molecule has 1 N–H and O–H groups in total. The predicted molar refractivity (Wildman–Crippen MR) is 55.5 cm³/mol. The molecule has 2 nitrogen and oxygen atoms in total. The Kier molecular flexibility index (Phi) is 5.51. The third-order valence-electron chi connectivity index (χ3n) is 2.09. The maximum Gasteiger partial charge on any atom is 0.000288 e. The topological polar surface area (TPSA) is 15.3 Å². The SMILES string of the molecule is CCNCC(C)(C)CCN(C)C. The molecule has 0 atom stereocenters. The van der Waals surface area contributed by atoms with Gasteiger partial charge in [-0.25, -0.2) is 0 Å². The number of hydrogen-bond donors (Lipinski definition) is 1. The summed E-state index contributed by atoms with van der Waals surface area (Å²) in [5.41, 5.74) is 0.431. The van der Waals surface area contributed by atoms with Crippen LogP contribution in [0.25, 0.3) is 0 Å². The minimum Gasteiger partial charge on any atom is -0.316 e. The van der Waals surface area contributed by atoms with E-state index in [1.54, 1.807) is 0 Å². The van der Waals surface area contributed by atoms with Crippen LogP contribution >= 0.6 is 0 Å². The molecule has 0 rings (SSSR count). The lowest BCUT2D eigenvalue weighted by Crippen LogP contribution is -2.32. The highest BCUT2D eigenvalue weighted by Gasteiger charge is 2.16. The van der Waals surface area contributed by atoms with Gasteiger partial charge >= 0.3 is 0 Å². The van der Waals surface area contributed by atoms with Crippen LogP contribution < -0.4 is 5.32 Å². The summed E-state index contributed by atoms with van der Waals surface area (Å²) in [5.74, 6) is 0. The third-order valence-corrected chi connectivity index (χ3v) is 2.09. The van der Waals surface area contributed by atoms with E-state index in [1.165, 1.54) is 13.0 Å². The number of hydrogen-bond acceptors (Lipinski definition) is 2. The Morgan fingerprint density at radius 3 is 2.25 bits per heavy atom. The molecule has 74 valence electrons. The fraction of sp³-hybridized carbons (Fsp3) is 1.00. The molecule has 2 heteroatoms. The molecule has 0 aromatic heterocycles. The molecule has 0 bridgehead atoms. The summed E-state index contributed by atoms with van der Waals surface area (Å²) in [6.45, 7) is 10.2. The van der Waals surface area contributed by atoms with Gasteiger partial charge in [0.25, 0.3) is 0 Å². The maximum atomic E-state index is 3.39. The van der Waals surface area contributed by atoms with Gasteiger partial charge in [-0.15, -0.1) is 0 Å². The minimum atomic E-state index is 0.431. The van der Waals surface area contributed by atoms with Gasteiger partial charge < -0.3 is 10.2 Å². The van der Waals surface area contributed by atoms with Crippen molar-refractivity contribution < 1.29 is 0 Å². The van der Waals surface area contributed by atoms with Crippen molar-refractivity contribution in [3.05, 3.63) is 0 Å². The molecular weight excluding hydrogens is 148 g/mol. The van der Waals surface area contributed by atoms with E-state index < -0.39 is 0 Å². The molecule has 0 aliphatic carbocycles. The van der Waals surface area contributed by atoms with Crippen molar-refractivity contribution in [2.45, 2.75) is 27.2 Å². The standard InChI is InChI=1S/C10H24N2/c1-6-11-9-10(2,3)7-8-12(4)5/h11H,6-9H2,1-5H3. The first kappa shape index (κ1) is 11.9. The van der Waals surface area contributed by atoms with Crippen molar-refractivity contribution in [3.8, 4) is 0 Å². The van der Waals surface area contributed by atoms with E-state index in [0.29, 0.717) is 5.41 Å². The molecule has 0 aromatic carbocycles. The van der Waals surface area contributed by atoms with Gasteiger partial charge in [-0.1, -0.05) is 20.8 Å². The summed E-state index contributed by atoms with van der Waals surface area (Å²) in [4.78, 5) is 2.24. The van der Waals surface area contributed by atoms with E-state index in [1.807, 2.05) is 0 Å². The quantitative estimate of drug-likeness (QED) is 0.654. The molecule has 0 amide bonds. The molecule has 12 heavy (non-hydrogen) atoms. The van der Waals surface area contributed by atoms with Crippen LogP contribution in [0.3, 0.4) is 0 Å². The van der Waals surface area contributed by atoms with Crippen LogP contribution in [-0.4, -0.2) is 38.6 Å². The molecule has 0 heterocycles. The fourth-order valence-corrected chi connectivity index (χ4v) is 1.08. The molecule has 0 saturated heterocycles. The second kappa shape index (κ2) is 5.55. The van der Waals surface area contributed by atoms with E-state index in [-0.39, 0.29) is 0 Å². The summed E-state index contributed by atoms with van der Waals surface area (Å²) in [5, 5.41) is 3.39.